The van der Waals surface area contributed by atoms with E-state index < -0.39 is 5.82 Å². The summed E-state index contributed by atoms with van der Waals surface area (Å²) >= 11 is 6.82. The third-order valence-electron chi connectivity index (χ3n) is 4.31. The van der Waals surface area contributed by atoms with Crippen LogP contribution in [-0.2, 0) is 9.53 Å². The van der Waals surface area contributed by atoms with Crippen molar-refractivity contribution >= 4 is 40.6 Å². The van der Waals surface area contributed by atoms with E-state index in [2.05, 4.69) is 0 Å². The lowest BCUT2D eigenvalue weighted by Gasteiger charge is -2.11. The number of benzene rings is 1. The van der Waals surface area contributed by atoms with Crippen LogP contribution in [0.5, 0.6) is 0 Å². The van der Waals surface area contributed by atoms with Gasteiger partial charge < -0.3 is 9.30 Å². The maximum absolute atomic E-state index is 13.5. The van der Waals surface area contributed by atoms with Crippen molar-refractivity contribution in [3.05, 3.63) is 57.0 Å². The molecule has 1 aliphatic heterocycles. The highest BCUT2D eigenvalue weighted by Gasteiger charge is 2.34. The molecule has 0 N–H and O–H groups in total. The van der Waals surface area contributed by atoms with Gasteiger partial charge in [0, 0.05) is 24.2 Å². The van der Waals surface area contributed by atoms with Gasteiger partial charge in [-0.3, -0.25) is 14.5 Å². The molecule has 0 spiro atoms. The summed E-state index contributed by atoms with van der Waals surface area (Å²) in [5.41, 5.74) is 3.30. The summed E-state index contributed by atoms with van der Waals surface area (Å²) in [4.78, 5) is 26.1. The lowest BCUT2D eigenvalue weighted by Crippen LogP contribution is -2.31. The summed E-state index contributed by atoms with van der Waals surface area (Å²) in [5.74, 6) is -0.801. The van der Waals surface area contributed by atoms with Crippen LogP contribution in [-0.4, -0.2) is 40.9 Å². The molecule has 8 heteroatoms. The standard InChI is InChI=1S/C19H18ClFN2O3S/c1-11-8-13(9-17-18(24)22(6-7-26-3)19(25)27-17)12(2)23(11)14-4-5-16(21)15(20)10-14/h4-5,8-10H,6-7H2,1-3H3/b17-9+. The first-order chi connectivity index (χ1) is 12.8. The number of rotatable bonds is 5. The zero-order valence-electron chi connectivity index (χ0n) is 15.1. The minimum atomic E-state index is -0.479. The Labute approximate surface area is 165 Å². The molecule has 1 fully saturated rings. The molecule has 2 amide bonds. The number of thioether (sulfide) groups is 1. The van der Waals surface area contributed by atoms with Crippen LogP contribution in [0.3, 0.4) is 0 Å². The maximum atomic E-state index is 13.5. The maximum Gasteiger partial charge on any atom is 0.293 e. The summed E-state index contributed by atoms with van der Waals surface area (Å²) in [5, 5.41) is -0.261. The van der Waals surface area contributed by atoms with Crippen molar-refractivity contribution in [1.29, 1.82) is 0 Å². The molecule has 0 aliphatic carbocycles. The number of amides is 2. The van der Waals surface area contributed by atoms with Gasteiger partial charge >= 0.3 is 0 Å². The third kappa shape index (κ3) is 3.81. The van der Waals surface area contributed by atoms with E-state index >= 15 is 0 Å². The lowest BCUT2D eigenvalue weighted by molar-refractivity contribution is -0.123. The number of imide groups is 1. The molecule has 27 heavy (non-hydrogen) atoms. The Hall–Kier alpha value is -2.09. The Morgan fingerprint density at radius 1 is 1.26 bits per heavy atom. The van der Waals surface area contributed by atoms with E-state index in [1.54, 1.807) is 18.2 Å². The molecule has 5 nitrogen and oxygen atoms in total. The number of hydrogen-bond donors (Lipinski definition) is 0. The number of aromatic nitrogens is 1. The largest absolute Gasteiger partial charge is 0.383 e. The molecule has 0 radical (unpaired) electrons. The normalized spacial score (nSPS) is 16.0. The highest BCUT2D eigenvalue weighted by Crippen LogP contribution is 2.33. The average molecular weight is 409 g/mol. The van der Waals surface area contributed by atoms with Gasteiger partial charge in [-0.2, -0.15) is 0 Å². The number of ether oxygens (including phenoxy) is 1. The fourth-order valence-corrected chi connectivity index (χ4v) is 4.00. The van der Waals surface area contributed by atoms with Crippen molar-refractivity contribution in [2.45, 2.75) is 13.8 Å². The van der Waals surface area contributed by atoms with Crippen molar-refractivity contribution in [2.75, 3.05) is 20.3 Å². The van der Waals surface area contributed by atoms with Crippen LogP contribution in [0.15, 0.2) is 29.2 Å². The van der Waals surface area contributed by atoms with Gasteiger partial charge in [0.25, 0.3) is 11.1 Å². The molecule has 0 atom stereocenters. The van der Waals surface area contributed by atoms with Crippen LogP contribution in [0.2, 0.25) is 5.02 Å². The summed E-state index contributed by atoms with van der Waals surface area (Å²) in [6, 6.07) is 6.43. The predicted molar refractivity (Wildman–Crippen MR) is 105 cm³/mol. The Morgan fingerprint density at radius 3 is 2.67 bits per heavy atom. The van der Waals surface area contributed by atoms with Crippen molar-refractivity contribution in [3.63, 3.8) is 0 Å². The highest BCUT2D eigenvalue weighted by molar-refractivity contribution is 8.18. The van der Waals surface area contributed by atoms with Gasteiger partial charge in [0.1, 0.15) is 5.82 Å². The van der Waals surface area contributed by atoms with E-state index in [-0.39, 0.29) is 22.7 Å². The number of carbonyl (C=O) groups is 2. The molecule has 3 rings (SSSR count). The summed E-state index contributed by atoms with van der Waals surface area (Å²) in [6.45, 7) is 4.33. The van der Waals surface area contributed by atoms with Gasteiger partial charge in [-0.15, -0.1) is 0 Å². The first kappa shape index (κ1) is 19.7. The minimum absolute atomic E-state index is 0.0424. The molecule has 2 aromatic rings. The SMILES string of the molecule is COCCN1C(=O)S/C(=C/c2cc(C)n(-c3ccc(F)c(Cl)c3)c2C)C1=O. The van der Waals surface area contributed by atoms with Crippen molar-refractivity contribution < 1.29 is 18.7 Å². The van der Waals surface area contributed by atoms with Crippen LogP contribution in [0.25, 0.3) is 11.8 Å². The molecular formula is C19H18ClFN2O3S. The first-order valence-electron chi connectivity index (χ1n) is 8.22. The molecule has 0 saturated carbocycles. The van der Waals surface area contributed by atoms with E-state index in [4.69, 9.17) is 16.3 Å². The van der Waals surface area contributed by atoms with Gasteiger partial charge in [-0.1, -0.05) is 11.6 Å². The molecule has 142 valence electrons. The van der Waals surface area contributed by atoms with Crippen LogP contribution in [0, 0.1) is 19.7 Å². The van der Waals surface area contributed by atoms with E-state index in [1.165, 1.54) is 18.1 Å². The van der Waals surface area contributed by atoms with Gasteiger partial charge in [-0.25, -0.2) is 4.39 Å². The Balaban J connectivity index is 1.95. The van der Waals surface area contributed by atoms with E-state index in [1.807, 2.05) is 24.5 Å². The van der Waals surface area contributed by atoms with Gasteiger partial charge in [0.2, 0.25) is 0 Å². The van der Waals surface area contributed by atoms with Gasteiger partial charge in [-0.05, 0) is 61.5 Å². The van der Waals surface area contributed by atoms with E-state index in [0.29, 0.717) is 11.5 Å². The molecule has 1 aromatic heterocycles. The number of nitrogens with zero attached hydrogens (tertiary/aromatic N) is 2. The number of methoxy groups -OCH3 is 1. The second kappa shape index (κ2) is 7.88. The summed E-state index contributed by atoms with van der Waals surface area (Å²) < 4.78 is 20.3. The number of aryl methyl sites for hydroxylation is 1. The minimum Gasteiger partial charge on any atom is -0.383 e. The van der Waals surface area contributed by atoms with Crippen molar-refractivity contribution in [3.8, 4) is 5.69 Å². The summed E-state index contributed by atoms with van der Waals surface area (Å²) in [7, 11) is 1.52. The van der Waals surface area contributed by atoms with Gasteiger partial charge in [0.15, 0.2) is 0 Å². The molecule has 1 aliphatic rings. The average Bonchev–Trinajstić information content (AvgIpc) is 3.05. The number of hydrogen-bond acceptors (Lipinski definition) is 4. The van der Waals surface area contributed by atoms with Crippen LogP contribution in [0.4, 0.5) is 9.18 Å². The number of carbonyl (C=O) groups excluding carboxylic acids is 2. The molecule has 0 bridgehead atoms. The first-order valence-corrected chi connectivity index (χ1v) is 9.41. The second-order valence-electron chi connectivity index (χ2n) is 6.09. The quantitative estimate of drug-likeness (QED) is 0.680. The molecule has 1 aromatic carbocycles. The lowest BCUT2D eigenvalue weighted by atomic mass is 10.2. The topological polar surface area (TPSA) is 51.5 Å². The fraction of sp³-hybridized carbons (Fsp3) is 0.263. The van der Waals surface area contributed by atoms with E-state index in [9.17, 15) is 14.0 Å². The monoisotopic (exact) mass is 408 g/mol. The zero-order chi connectivity index (χ0) is 19.7. The van der Waals surface area contributed by atoms with Crippen LogP contribution in [0.1, 0.15) is 17.0 Å². The Bertz CT molecular complexity index is 955. The van der Waals surface area contributed by atoms with Crippen LogP contribution >= 0.6 is 23.4 Å². The zero-order valence-corrected chi connectivity index (χ0v) is 16.7. The smallest absolute Gasteiger partial charge is 0.293 e. The molecule has 0 unspecified atom stereocenters. The molecule has 1 saturated heterocycles. The summed E-state index contributed by atoms with van der Waals surface area (Å²) in [6.07, 6.45) is 1.71. The Kier molecular flexibility index (Phi) is 5.74. The van der Waals surface area contributed by atoms with Crippen molar-refractivity contribution in [2.24, 2.45) is 0 Å². The van der Waals surface area contributed by atoms with Gasteiger partial charge in [0.05, 0.1) is 23.1 Å². The molecular weight excluding hydrogens is 391 g/mol. The fourth-order valence-electron chi connectivity index (χ4n) is 2.97. The third-order valence-corrected chi connectivity index (χ3v) is 5.51. The predicted octanol–water partition coefficient (Wildman–Crippen LogP) is 4.57. The van der Waals surface area contributed by atoms with Crippen LogP contribution < -0.4 is 0 Å². The molecule has 2 heterocycles. The van der Waals surface area contributed by atoms with E-state index in [0.717, 1.165) is 34.4 Å². The van der Waals surface area contributed by atoms with Crippen molar-refractivity contribution in [1.82, 2.24) is 9.47 Å². The number of halogens is 2. The second-order valence-corrected chi connectivity index (χ2v) is 7.49. The highest BCUT2D eigenvalue weighted by atomic mass is 35.5. The Morgan fingerprint density at radius 2 is 2.00 bits per heavy atom.